The van der Waals surface area contributed by atoms with E-state index in [1.807, 2.05) is 60.7 Å². The van der Waals surface area contributed by atoms with Gasteiger partial charge in [-0.3, -0.25) is 0 Å². The van der Waals surface area contributed by atoms with Crippen LogP contribution in [-0.4, -0.2) is 16.2 Å². The van der Waals surface area contributed by atoms with E-state index in [2.05, 4.69) is 52.0 Å². The third-order valence-corrected chi connectivity index (χ3v) is 7.35. The van der Waals surface area contributed by atoms with E-state index in [4.69, 9.17) is 3.32 Å². The summed E-state index contributed by atoms with van der Waals surface area (Å²) in [6.45, 7) is 8.53. The molecule has 4 aromatic carbocycles. The van der Waals surface area contributed by atoms with Crippen LogP contribution in [-0.2, 0) is 45.0 Å². The summed E-state index contributed by atoms with van der Waals surface area (Å²) >= 11 is 0.750. The molecule has 0 aromatic heterocycles. The molecule has 4 rings (SSSR count). The number of carboxylic acid groups (broad SMARTS) is 1. The SMILES string of the molecule is CC(C)(c1ccccc1)c1ccc(C(O)(C(=O)O)c2ccc(C(C)(C)c3ccccc3)cc2)cc1.[O]=[Ti]. The molecule has 0 amide bonds. The van der Waals surface area contributed by atoms with Crippen molar-refractivity contribution >= 4 is 5.97 Å². The summed E-state index contributed by atoms with van der Waals surface area (Å²) in [7, 11) is 0. The molecule has 37 heavy (non-hydrogen) atoms. The topological polar surface area (TPSA) is 74.6 Å². The first-order chi connectivity index (χ1) is 17.6. The minimum atomic E-state index is -2.15. The monoisotopic (exact) mass is 528 g/mol. The van der Waals surface area contributed by atoms with Gasteiger partial charge in [-0.25, -0.2) is 4.79 Å². The van der Waals surface area contributed by atoms with Gasteiger partial charge in [0, 0.05) is 10.8 Å². The molecule has 0 aliphatic heterocycles. The van der Waals surface area contributed by atoms with E-state index < -0.39 is 11.6 Å². The van der Waals surface area contributed by atoms with Gasteiger partial charge in [-0.05, 0) is 33.4 Å². The van der Waals surface area contributed by atoms with E-state index in [1.54, 1.807) is 24.3 Å². The molecule has 0 aliphatic rings. The van der Waals surface area contributed by atoms with Crippen LogP contribution in [0.1, 0.15) is 61.1 Å². The van der Waals surface area contributed by atoms with Crippen molar-refractivity contribution in [3.05, 3.63) is 143 Å². The first-order valence-corrected chi connectivity index (χ1v) is 12.7. The van der Waals surface area contributed by atoms with Crippen LogP contribution in [0.25, 0.3) is 0 Å². The van der Waals surface area contributed by atoms with E-state index >= 15 is 0 Å². The summed E-state index contributed by atoms with van der Waals surface area (Å²) < 4.78 is 8.25. The Hall–Kier alpha value is -3.18. The molecule has 188 valence electrons. The third-order valence-electron chi connectivity index (χ3n) is 7.35. The molecule has 0 unspecified atom stereocenters. The summed E-state index contributed by atoms with van der Waals surface area (Å²) in [6.07, 6.45) is 0. The van der Waals surface area contributed by atoms with Crippen LogP contribution in [0.2, 0.25) is 0 Å². The molecule has 0 fully saturated rings. The molecule has 5 heteroatoms. The molecule has 0 radical (unpaired) electrons. The third kappa shape index (κ3) is 5.57. The number of hydrogen-bond acceptors (Lipinski definition) is 3. The Morgan fingerprint density at radius 1 is 0.514 bits per heavy atom. The van der Waals surface area contributed by atoms with Crippen LogP contribution >= 0.6 is 0 Å². The van der Waals surface area contributed by atoms with E-state index in [9.17, 15) is 15.0 Å². The van der Waals surface area contributed by atoms with E-state index in [1.165, 1.54) is 0 Å². The molecule has 0 atom stereocenters. The van der Waals surface area contributed by atoms with E-state index in [-0.39, 0.29) is 10.8 Å². The van der Waals surface area contributed by atoms with E-state index in [0.717, 1.165) is 42.7 Å². The fourth-order valence-corrected chi connectivity index (χ4v) is 4.71. The van der Waals surface area contributed by atoms with Crippen LogP contribution in [0.3, 0.4) is 0 Å². The molecule has 0 saturated carbocycles. The number of benzene rings is 4. The first kappa shape index (κ1) is 28.4. The van der Waals surface area contributed by atoms with Crippen LogP contribution in [0.5, 0.6) is 0 Å². The zero-order chi connectivity index (χ0) is 27.3. The van der Waals surface area contributed by atoms with Gasteiger partial charge in [0.2, 0.25) is 5.60 Å². The van der Waals surface area contributed by atoms with E-state index in [0.29, 0.717) is 11.1 Å². The fourth-order valence-electron chi connectivity index (χ4n) is 4.71. The normalized spacial score (nSPS) is 11.8. The minimum absolute atomic E-state index is 0.258. The number of aliphatic carboxylic acids is 1. The van der Waals surface area contributed by atoms with Crippen LogP contribution in [0.4, 0.5) is 0 Å². The maximum absolute atomic E-state index is 12.4. The van der Waals surface area contributed by atoms with Crippen LogP contribution in [0, 0.1) is 0 Å². The van der Waals surface area contributed by atoms with Crippen molar-refractivity contribution in [2.75, 3.05) is 0 Å². The Morgan fingerprint density at radius 2 is 0.757 bits per heavy atom. The van der Waals surface area contributed by atoms with Crippen molar-refractivity contribution in [3.8, 4) is 0 Å². The quantitative estimate of drug-likeness (QED) is 0.267. The standard InChI is InChI=1S/C32H32O3.O.Ti/c1-30(2,23-11-7-5-8-12-23)25-15-19-27(20-16-25)32(35,29(33)34)28-21-17-26(18-22-28)31(3,4)24-13-9-6-10-14-24;;/h5-22,35H,1-4H3,(H,33,34);;. The van der Waals surface area contributed by atoms with Crippen molar-refractivity contribution < 1.29 is 38.7 Å². The number of carbonyl (C=O) groups is 1. The van der Waals surface area contributed by atoms with Gasteiger partial charge in [0.15, 0.2) is 0 Å². The van der Waals surface area contributed by atoms with Gasteiger partial charge in [-0.2, -0.15) is 0 Å². The first-order valence-electron chi connectivity index (χ1n) is 12.1. The number of aliphatic hydroxyl groups is 1. The number of rotatable bonds is 7. The molecule has 0 heterocycles. The molecule has 0 saturated heterocycles. The summed E-state index contributed by atoms with van der Waals surface area (Å²) in [5, 5.41) is 21.6. The molecular formula is C32H32O4Ti. The molecule has 4 nitrogen and oxygen atoms in total. The Balaban J connectivity index is 0.00000186. The second-order valence-electron chi connectivity index (χ2n) is 10.2. The van der Waals surface area contributed by atoms with Gasteiger partial charge in [0.1, 0.15) is 0 Å². The van der Waals surface area contributed by atoms with Crippen LogP contribution in [0.15, 0.2) is 109 Å². The summed E-state index contributed by atoms with van der Waals surface area (Å²) in [4.78, 5) is 12.4. The molecule has 0 bridgehead atoms. The Kier molecular flexibility index (Phi) is 8.81. The van der Waals surface area contributed by atoms with Crippen molar-refractivity contribution in [3.63, 3.8) is 0 Å². The molecule has 4 aromatic rings. The van der Waals surface area contributed by atoms with Gasteiger partial charge in [-0.1, -0.05) is 137 Å². The van der Waals surface area contributed by atoms with Crippen molar-refractivity contribution in [2.24, 2.45) is 0 Å². The zero-order valence-electron chi connectivity index (χ0n) is 21.6. The van der Waals surface area contributed by atoms with Gasteiger partial charge in [-0.15, -0.1) is 0 Å². The number of hydrogen-bond donors (Lipinski definition) is 2. The zero-order valence-corrected chi connectivity index (χ0v) is 23.2. The van der Waals surface area contributed by atoms with Gasteiger partial charge in [0.25, 0.3) is 0 Å². The fraction of sp³-hybridized carbons (Fsp3) is 0.219. The van der Waals surface area contributed by atoms with Gasteiger partial charge < -0.3 is 10.2 Å². The van der Waals surface area contributed by atoms with Crippen molar-refractivity contribution in [1.29, 1.82) is 0 Å². The predicted molar refractivity (Wildman–Crippen MR) is 141 cm³/mol. The Labute approximate surface area is 230 Å². The molecule has 2 N–H and O–H groups in total. The average Bonchev–Trinajstić information content (AvgIpc) is 2.94. The van der Waals surface area contributed by atoms with Crippen molar-refractivity contribution in [2.45, 2.75) is 44.1 Å². The van der Waals surface area contributed by atoms with Crippen LogP contribution < -0.4 is 0 Å². The maximum atomic E-state index is 12.4. The second-order valence-corrected chi connectivity index (χ2v) is 10.2. The van der Waals surface area contributed by atoms with Gasteiger partial charge >= 0.3 is 29.7 Å². The molecule has 0 aliphatic carbocycles. The Bertz CT molecular complexity index is 1220. The number of carboxylic acids is 1. The average molecular weight is 528 g/mol. The molecule has 0 spiro atoms. The van der Waals surface area contributed by atoms with Gasteiger partial charge in [0.05, 0.1) is 0 Å². The van der Waals surface area contributed by atoms with Crippen molar-refractivity contribution in [1.82, 2.24) is 0 Å². The summed E-state index contributed by atoms with van der Waals surface area (Å²) in [5.41, 5.74) is 2.40. The molecular weight excluding hydrogens is 496 g/mol. The Morgan fingerprint density at radius 3 is 1.03 bits per heavy atom. The predicted octanol–water partition coefficient (Wildman–Crippen LogP) is 6.54. The summed E-state index contributed by atoms with van der Waals surface area (Å²) in [5.74, 6) is -1.30. The summed E-state index contributed by atoms with van der Waals surface area (Å²) in [6, 6.07) is 34.9. The second kappa shape index (κ2) is 11.5.